The maximum absolute atomic E-state index is 11.0. The molecule has 2 aliphatic rings. The van der Waals surface area contributed by atoms with Crippen LogP contribution in [0, 0.1) is 5.92 Å². The van der Waals surface area contributed by atoms with Crippen LogP contribution < -0.4 is 5.32 Å². The van der Waals surface area contributed by atoms with Gasteiger partial charge in [0.1, 0.15) is 0 Å². The third-order valence-electron chi connectivity index (χ3n) is 4.11. The molecule has 21 heavy (non-hydrogen) atoms. The molecule has 7 heteroatoms. The van der Waals surface area contributed by atoms with Gasteiger partial charge in [-0.15, -0.1) is 0 Å². The Kier molecular flexibility index (Phi) is 4.40. The highest BCUT2D eigenvalue weighted by Crippen LogP contribution is 2.34. The number of aliphatic carboxylic acids is 1. The lowest BCUT2D eigenvalue weighted by Crippen LogP contribution is -2.52. The molecule has 1 aromatic rings. The van der Waals surface area contributed by atoms with Gasteiger partial charge in [-0.25, -0.2) is 9.97 Å². The molecular weight excluding hydrogens is 336 g/mol. The number of carbonyl (C=O) groups is 1. The number of nitrogens with zero attached hydrogens (tertiary/aromatic N) is 3. The van der Waals surface area contributed by atoms with E-state index < -0.39 is 5.97 Å². The third-order valence-corrected chi connectivity index (χ3v) is 4.52. The van der Waals surface area contributed by atoms with E-state index in [0.717, 1.165) is 23.9 Å². The molecule has 0 bridgehead atoms. The van der Waals surface area contributed by atoms with Gasteiger partial charge in [0.2, 0.25) is 5.95 Å². The van der Waals surface area contributed by atoms with Gasteiger partial charge in [-0.05, 0) is 47.5 Å². The second-order valence-electron chi connectivity index (χ2n) is 5.96. The van der Waals surface area contributed by atoms with Crippen molar-refractivity contribution in [2.24, 2.45) is 5.92 Å². The number of anilines is 1. The van der Waals surface area contributed by atoms with Crippen LogP contribution in [0.2, 0.25) is 0 Å². The van der Waals surface area contributed by atoms with Crippen molar-refractivity contribution in [3.63, 3.8) is 0 Å². The molecular formula is C14H19BrN4O2. The zero-order valence-corrected chi connectivity index (χ0v) is 13.3. The molecule has 2 aliphatic carbocycles. The summed E-state index contributed by atoms with van der Waals surface area (Å²) in [5, 5.41) is 12.3. The Balaban J connectivity index is 1.48. The van der Waals surface area contributed by atoms with Gasteiger partial charge in [-0.2, -0.15) is 0 Å². The minimum atomic E-state index is -0.733. The first kappa shape index (κ1) is 14.7. The summed E-state index contributed by atoms with van der Waals surface area (Å²) in [5.74, 6) is 0.614. The highest BCUT2D eigenvalue weighted by Gasteiger charge is 2.37. The average molecular weight is 355 g/mol. The highest BCUT2D eigenvalue weighted by molar-refractivity contribution is 9.10. The summed E-state index contributed by atoms with van der Waals surface area (Å²) in [4.78, 5) is 21.5. The van der Waals surface area contributed by atoms with E-state index in [1.165, 1.54) is 12.8 Å². The third kappa shape index (κ3) is 4.14. The van der Waals surface area contributed by atoms with Crippen LogP contribution in [0.3, 0.4) is 0 Å². The molecule has 0 saturated heterocycles. The van der Waals surface area contributed by atoms with Gasteiger partial charge < -0.3 is 10.4 Å². The predicted octanol–water partition coefficient (Wildman–Crippen LogP) is 1.98. The van der Waals surface area contributed by atoms with Crippen molar-refractivity contribution in [3.8, 4) is 0 Å². The fourth-order valence-corrected chi connectivity index (χ4v) is 2.93. The quantitative estimate of drug-likeness (QED) is 0.779. The largest absolute Gasteiger partial charge is 0.480 e. The van der Waals surface area contributed by atoms with E-state index in [4.69, 9.17) is 5.11 Å². The monoisotopic (exact) mass is 354 g/mol. The lowest BCUT2D eigenvalue weighted by Gasteiger charge is -2.42. The Bertz CT molecular complexity index is 500. The first-order valence-corrected chi connectivity index (χ1v) is 8.09. The van der Waals surface area contributed by atoms with Gasteiger partial charge >= 0.3 is 5.97 Å². The minimum Gasteiger partial charge on any atom is -0.480 e. The second-order valence-corrected chi connectivity index (χ2v) is 6.87. The number of halogens is 1. The Morgan fingerprint density at radius 1 is 1.38 bits per heavy atom. The van der Waals surface area contributed by atoms with Crippen molar-refractivity contribution in [2.75, 3.05) is 18.4 Å². The molecule has 0 aromatic carbocycles. The van der Waals surface area contributed by atoms with Gasteiger partial charge in [0.05, 0.1) is 11.0 Å². The van der Waals surface area contributed by atoms with Crippen LogP contribution in [-0.4, -0.2) is 51.1 Å². The van der Waals surface area contributed by atoms with E-state index in [1.54, 1.807) is 12.4 Å². The second kappa shape index (κ2) is 6.27. The number of aromatic nitrogens is 2. The van der Waals surface area contributed by atoms with Gasteiger partial charge in [-0.3, -0.25) is 9.69 Å². The summed E-state index contributed by atoms with van der Waals surface area (Å²) in [6, 6.07) is 0.710. The molecule has 6 nitrogen and oxygen atoms in total. The zero-order chi connectivity index (χ0) is 14.8. The molecule has 0 aliphatic heterocycles. The van der Waals surface area contributed by atoms with E-state index in [0.29, 0.717) is 23.9 Å². The average Bonchev–Trinajstić information content (AvgIpc) is 3.18. The summed E-state index contributed by atoms with van der Waals surface area (Å²) in [5.41, 5.74) is 0. The molecule has 1 heterocycles. The summed E-state index contributed by atoms with van der Waals surface area (Å²) < 4.78 is 0.858. The maximum Gasteiger partial charge on any atom is 0.317 e. The Hall–Kier alpha value is -1.21. The minimum absolute atomic E-state index is 0.155. The van der Waals surface area contributed by atoms with Crippen LogP contribution in [0.5, 0.6) is 0 Å². The molecule has 114 valence electrons. The molecule has 0 spiro atoms. The van der Waals surface area contributed by atoms with Crippen LogP contribution >= 0.6 is 15.9 Å². The first-order chi connectivity index (χ1) is 10.1. The summed E-state index contributed by atoms with van der Waals surface area (Å²) in [7, 11) is 0. The summed E-state index contributed by atoms with van der Waals surface area (Å²) in [6.07, 6.45) is 7.85. The molecule has 0 atom stereocenters. The van der Waals surface area contributed by atoms with Crippen molar-refractivity contribution in [1.82, 2.24) is 14.9 Å². The lowest BCUT2D eigenvalue weighted by molar-refractivity contribution is -0.139. The molecule has 1 aromatic heterocycles. The fourth-order valence-electron chi connectivity index (χ4n) is 2.72. The van der Waals surface area contributed by atoms with Crippen LogP contribution in [0.25, 0.3) is 0 Å². The number of nitrogens with one attached hydrogen (secondary N) is 1. The molecule has 0 unspecified atom stereocenters. The van der Waals surface area contributed by atoms with Crippen LogP contribution in [0.15, 0.2) is 16.9 Å². The van der Waals surface area contributed by atoms with Crippen molar-refractivity contribution in [1.29, 1.82) is 0 Å². The Labute approximate surface area is 132 Å². The van der Waals surface area contributed by atoms with E-state index in [1.807, 2.05) is 0 Å². The van der Waals surface area contributed by atoms with Gasteiger partial charge in [0, 0.05) is 31.0 Å². The molecule has 2 fully saturated rings. The number of hydrogen-bond acceptors (Lipinski definition) is 5. The zero-order valence-electron chi connectivity index (χ0n) is 11.7. The number of carboxylic acids is 1. The topological polar surface area (TPSA) is 78.4 Å². The summed E-state index contributed by atoms with van der Waals surface area (Å²) in [6.45, 7) is 1.08. The first-order valence-electron chi connectivity index (χ1n) is 7.30. The SMILES string of the molecule is O=C(O)CN(CC1CC1)C1CC(Nc2ncc(Br)cn2)C1. The summed E-state index contributed by atoms with van der Waals surface area (Å²) >= 11 is 3.31. The number of rotatable bonds is 7. The van der Waals surface area contributed by atoms with E-state index in [2.05, 4.69) is 36.1 Å². The normalized spacial score (nSPS) is 24.7. The fraction of sp³-hybridized carbons (Fsp3) is 0.643. The van der Waals surface area contributed by atoms with Gasteiger partial charge in [0.25, 0.3) is 0 Å². The van der Waals surface area contributed by atoms with Crippen molar-refractivity contribution in [2.45, 2.75) is 37.8 Å². The molecule has 0 radical (unpaired) electrons. The van der Waals surface area contributed by atoms with Gasteiger partial charge in [-0.1, -0.05) is 0 Å². The number of hydrogen-bond donors (Lipinski definition) is 2. The van der Waals surface area contributed by atoms with Crippen molar-refractivity contribution in [3.05, 3.63) is 16.9 Å². The molecule has 2 saturated carbocycles. The van der Waals surface area contributed by atoms with Crippen molar-refractivity contribution >= 4 is 27.8 Å². The van der Waals surface area contributed by atoms with E-state index >= 15 is 0 Å². The predicted molar refractivity (Wildman–Crippen MR) is 82.1 cm³/mol. The Morgan fingerprint density at radius 3 is 2.62 bits per heavy atom. The van der Waals surface area contributed by atoms with Crippen molar-refractivity contribution < 1.29 is 9.90 Å². The van der Waals surface area contributed by atoms with Gasteiger partial charge in [0.15, 0.2) is 0 Å². The molecule has 3 rings (SSSR count). The smallest absolute Gasteiger partial charge is 0.317 e. The number of carboxylic acid groups (broad SMARTS) is 1. The van der Waals surface area contributed by atoms with E-state index in [-0.39, 0.29) is 6.54 Å². The van der Waals surface area contributed by atoms with Crippen LogP contribution in [0.1, 0.15) is 25.7 Å². The maximum atomic E-state index is 11.0. The van der Waals surface area contributed by atoms with Crippen LogP contribution in [0.4, 0.5) is 5.95 Å². The highest BCUT2D eigenvalue weighted by atomic mass is 79.9. The molecule has 0 amide bonds. The Morgan fingerprint density at radius 2 is 2.05 bits per heavy atom. The standard InChI is InChI=1S/C14H19BrN4O2/c15-10-5-16-14(17-6-10)18-11-3-12(4-11)19(8-13(20)21)7-9-1-2-9/h5-6,9,11-12H,1-4,7-8H2,(H,20,21)(H,16,17,18). The van der Waals surface area contributed by atoms with Crippen LogP contribution in [-0.2, 0) is 4.79 Å². The van der Waals surface area contributed by atoms with E-state index in [9.17, 15) is 4.79 Å². The molecule has 2 N–H and O–H groups in total. The lowest BCUT2D eigenvalue weighted by atomic mass is 9.85.